The topological polar surface area (TPSA) is 15.3 Å². The number of nitrogens with one attached hydrogen (secondary N) is 1. The molecule has 1 heterocycles. The summed E-state index contributed by atoms with van der Waals surface area (Å²) in [4.78, 5) is 2.65. The van der Waals surface area contributed by atoms with Crippen molar-refractivity contribution in [1.29, 1.82) is 0 Å². The highest BCUT2D eigenvalue weighted by Gasteiger charge is 2.21. The Hall–Kier alpha value is -0.0800. The summed E-state index contributed by atoms with van der Waals surface area (Å²) in [6.45, 7) is 15.4. The van der Waals surface area contributed by atoms with E-state index >= 15 is 0 Å². The van der Waals surface area contributed by atoms with Crippen LogP contribution in [0, 0.1) is 11.8 Å². The molecule has 96 valence electrons. The summed E-state index contributed by atoms with van der Waals surface area (Å²) >= 11 is 0. The average molecular weight is 226 g/mol. The van der Waals surface area contributed by atoms with Crippen LogP contribution in [-0.2, 0) is 0 Å². The molecule has 16 heavy (non-hydrogen) atoms. The Bertz CT molecular complexity index is 189. The number of likely N-dealkylation sites (tertiary alicyclic amines) is 1. The first-order chi connectivity index (χ1) is 7.49. The van der Waals surface area contributed by atoms with Gasteiger partial charge >= 0.3 is 0 Å². The first-order valence-electron chi connectivity index (χ1n) is 6.97. The minimum atomic E-state index is 0.618. The molecule has 1 rings (SSSR count). The lowest BCUT2D eigenvalue weighted by Crippen LogP contribution is -2.49. The first kappa shape index (κ1) is 14.0. The van der Waals surface area contributed by atoms with Crippen LogP contribution >= 0.6 is 0 Å². The Morgan fingerprint density at radius 2 is 1.88 bits per heavy atom. The minimum Gasteiger partial charge on any atom is -0.311 e. The molecule has 0 aliphatic carbocycles. The number of hydrogen-bond acceptors (Lipinski definition) is 2. The third kappa shape index (κ3) is 4.84. The second kappa shape index (κ2) is 6.61. The van der Waals surface area contributed by atoms with Gasteiger partial charge in [-0.25, -0.2) is 0 Å². The second-order valence-corrected chi connectivity index (χ2v) is 6.14. The summed E-state index contributed by atoms with van der Waals surface area (Å²) in [6.07, 6.45) is 2.71. The van der Waals surface area contributed by atoms with Crippen LogP contribution in [0.4, 0.5) is 0 Å². The Morgan fingerprint density at radius 3 is 2.44 bits per heavy atom. The van der Waals surface area contributed by atoms with Crippen molar-refractivity contribution in [2.45, 2.75) is 59.5 Å². The molecule has 0 aromatic heterocycles. The van der Waals surface area contributed by atoms with E-state index in [0.717, 1.165) is 11.8 Å². The van der Waals surface area contributed by atoms with Crippen molar-refractivity contribution in [3.05, 3.63) is 0 Å². The standard InChI is InChI=1S/C14H30N2/c1-11(2)13(5)9-16-8-6-7-14(10-16)15-12(3)4/h11-15H,6-10H2,1-5H3. The van der Waals surface area contributed by atoms with E-state index in [1.807, 2.05) is 0 Å². The van der Waals surface area contributed by atoms with E-state index in [1.165, 1.54) is 32.5 Å². The monoisotopic (exact) mass is 226 g/mol. The van der Waals surface area contributed by atoms with Crippen molar-refractivity contribution in [2.24, 2.45) is 11.8 Å². The van der Waals surface area contributed by atoms with Crippen LogP contribution in [0.2, 0.25) is 0 Å². The van der Waals surface area contributed by atoms with Crippen LogP contribution in [0.25, 0.3) is 0 Å². The fourth-order valence-corrected chi connectivity index (χ4v) is 2.45. The molecule has 0 amide bonds. The fraction of sp³-hybridized carbons (Fsp3) is 1.00. The summed E-state index contributed by atoms with van der Waals surface area (Å²) in [5.74, 6) is 1.62. The molecule has 2 atom stereocenters. The number of rotatable bonds is 5. The highest BCUT2D eigenvalue weighted by molar-refractivity contribution is 4.80. The molecule has 1 saturated heterocycles. The smallest absolute Gasteiger partial charge is 0.0197 e. The summed E-state index contributed by atoms with van der Waals surface area (Å²) in [5, 5.41) is 3.67. The summed E-state index contributed by atoms with van der Waals surface area (Å²) in [7, 11) is 0. The van der Waals surface area contributed by atoms with Crippen LogP contribution in [0.15, 0.2) is 0 Å². The van der Waals surface area contributed by atoms with Gasteiger partial charge in [0.25, 0.3) is 0 Å². The predicted molar refractivity (Wildman–Crippen MR) is 71.7 cm³/mol. The number of piperidine rings is 1. The van der Waals surface area contributed by atoms with E-state index in [0.29, 0.717) is 12.1 Å². The molecule has 2 heteroatoms. The van der Waals surface area contributed by atoms with Crippen LogP contribution in [-0.4, -0.2) is 36.6 Å². The average Bonchev–Trinajstić information content (AvgIpc) is 2.16. The third-order valence-corrected chi connectivity index (χ3v) is 3.76. The molecule has 1 aliphatic heterocycles. The molecular weight excluding hydrogens is 196 g/mol. The van der Waals surface area contributed by atoms with Gasteiger partial charge in [-0.1, -0.05) is 34.6 Å². The van der Waals surface area contributed by atoms with Gasteiger partial charge in [0.1, 0.15) is 0 Å². The maximum Gasteiger partial charge on any atom is 0.0197 e. The van der Waals surface area contributed by atoms with Crippen LogP contribution < -0.4 is 5.32 Å². The van der Waals surface area contributed by atoms with Crippen molar-refractivity contribution in [2.75, 3.05) is 19.6 Å². The van der Waals surface area contributed by atoms with Gasteiger partial charge in [0.05, 0.1) is 0 Å². The zero-order valence-corrected chi connectivity index (χ0v) is 11.8. The molecule has 0 saturated carbocycles. The van der Waals surface area contributed by atoms with Crippen molar-refractivity contribution >= 4 is 0 Å². The third-order valence-electron chi connectivity index (χ3n) is 3.76. The second-order valence-electron chi connectivity index (χ2n) is 6.14. The van der Waals surface area contributed by atoms with Gasteiger partial charge in [0.2, 0.25) is 0 Å². The van der Waals surface area contributed by atoms with Gasteiger partial charge in [0.15, 0.2) is 0 Å². The summed E-state index contributed by atoms with van der Waals surface area (Å²) in [6, 6.07) is 1.33. The number of nitrogens with zero attached hydrogens (tertiary/aromatic N) is 1. The Morgan fingerprint density at radius 1 is 1.19 bits per heavy atom. The number of hydrogen-bond donors (Lipinski definition) is 1. The van der Waals surface area contributed by atoms with Gasteiger partial charge in [-0.3, -0.25) is 0 Å². The lowest BCUT2D eigenvalue weighted by molar-refractivity contribution is 0.152. The van der Waals surface area contributed by atoms with E-state index in [2.05, 4.69) is 44.8 Å². The Kier molecular flexibility index (Phi) is 5.77. The summed E-state index contributed by atoms with van der Waals surface area (Å²) in [5.41, 5.74) is 0. The molecule has 0 spiro atoms. The van der Waals surface area contributed by atoms with Crippen LogP contribution in [0.1, 0.15) is 47.5 Å². The van der Waals surface area contributed by atoms with E-state index in [1.54, 1.807) is 0 Å². The van der Waals surface area contributed by atoms with Crippen molar-refractivity contribution in [1.82, 2.24) is 10.2 Å². The molecule has 0 radical (unpaired) electrons. The molecule has 2 unspecified atom stereocenters. The zero-order valence-electron chi connectivity index (χ0n) is 11.8. The Balaban J connectivity index is 2.32. The molecule has 0 bridgehead atoms. The van der Waals surface area contributed by atoms with Crippen molar-refractivity contribution in [3.8, 4) is 0 Å². The largest absolute Gasteiger partial charge is 0.311 e. The molecular formula is C14H30N2. The van der Waals surface area contributed by atoms with E-state index in [-0.39, 0.29) is 0 Å². The van der Waals surface area contributed by atoms with Gasteiger partial charge in [0, 0.05) is 25.2 Å². The quantitative estimate of drug-likeness (QED) is 0.775. The molecule has 0 aromatic rings. The summed E-state index contributed by atoms with van der Waals surface area (Å²) < 4.78 is 0. The molecule has 1 N–H and O–H groups in total. The molecule has 2 nitrogen and oxygen atoms in total. The van der Waals surface area contributed by atoms with Gasteiger partial charge in [-0.2, -0.15) is 0 Å². The Labute approximate surface area is 102 Å². The van der Waals surface area contributed by atoms with E-state index in [4.69, 9.17) is 0 Å². The normalized spacial score (nSPS) is 25.3. The van der Waals surface area contributed by atoms with Gasteiger partial charge < -0.3 is 10.2 Å². The van der Waals surface area contributed by atoms with E-state index < -0.39 is 0 Å². The van der Waals surface area contributed by atoms with Crippen LogP contribution in [0.5, 0.6) is 0 Å². The fourth-order valence-electron chi connectivity index (χ4n) is 2.45. The van der Waals surface area contributed by atoms with Crippen molar-refractivity contribution < 1.29 is 0 Å². The van der Waals surface area contributed by atoms with Crippen molar-refractivity contribution in [3.63, 3.8) is 0 Å². The highest BCUT2D eigenvalue weighted by Crippen LogP contribution is 2.16. The molecule has 1 aliphatic rings. The van der Waals surface area contributed by atoms with E-state index in [9.17, 15) is 0 Å². The van der Waals surface area contributed by atoms with Crippen LogP contribution in [0.3, 0.4) is 0 Å². The maximum absolute atomic E-state index is 3.67. The maximum atomic E-state index is 3.67. The molecule has 1 fully saturated rings. The van der Waals surface area contributed by atoms with Gasteiger partial charge in [-0.15, -0.1) is 0 Å². The lowest BCUT2D eigenvalue weighted by atomic mass is 9.96. The van der Waals surface area contributed by atoms with Gasteiger partial charge in [-0.05, 0) is 31.2 Å². The lowest BCUT2D eigenvalue weighted by Gasteiger charge is -2.36. The SMILES string of the molecule is CC(C)NC1CCCN(CC(C)C(C)C)C1. The first-order valence-corrected chi connectivity index (χ1v) is 6.97. The molecule has 0 aromatic carbocycles. The minimum absolute atomic E-state index is 0.618. The highest BCUT2D eigenvalue weighted by atomic mass is 15.2. The zero-order chi connectivity index (χ0) is 12.1. The predicted octanol–water partition coefficient (Wildman–Crippen LogP) is 2.74.